The molecular formula is C25H21ClN2O2S. The second-order valence-electron chi connectivity index (χ2n) is 7.22. The van der Waals surface area contributed by atoms with Crippen molar-refractivity contribution in [1.29, 1.82) is 0 Å². The van der Waals surface area contributed by atoms with Gasteiger partial charge in [0, 0.05) is 9.92 Å². The number of nitrogens with zero attached hydrogens (tertiary/aromatic N) is 1. The van der Waals surface area contributed by atoms with Gasteiger partial charge in [-0.05, 0) is 48.4 Å². The van der Waals surface area contributed by atoms with Crippen molar-refractivity contribution in [3.8, 4) is 0 Å². The summed E-state index contributed by atoms with van der Waals surface area (Å²) in [6.07, 6.45) is 1.83. The molecule has 1 aliphatic heterocycles. The Balaban J connectivity index is 1.57. The smallest absolute Gasteiger partial charge is 0.265 e. The van der Waals surface area contributed by atoms with Gasteiger partial charge in [-0.25, -0.2) is 0 Å². The van der Waals surface area contributed by atoms with Crippen molar-refractivity contribution in [2.45, 2.75) is 17.9 Å². The molecule has 3 aromatic carbocycles. The Labute approximate surface area is 190 Å². The number of benzene rings is 3. The molecule has 0 aromatic heterocycles. The molecule has 0 radical (unpaired) electrons. The van der Waals surface area contributed by atoms with Gasteiger partial charge in [-0.3, -0.25) is 14.5 Å². The predicted octanol–water partition coefficient (Wildman–Crippen LogP) is 5.70. The largest absolute Gasteiger partial charge is 0.348 e. The Kier molecular flexibility index (Phi) is 6.44. The highest BCUT2D eigenvalue weighted by molar-refractivity contribution is 8.04. The summed E-state index contributed by atoms with van der Waals surface area (Å²) < 4.78 is 0. The maximum atomic E-state index is 13.3. The van der Waals surface area contributed by atoms with Gasteiger partial charge in [0.15, 0.2) is 0 Å². The summed E-state index contributed by atoms with van der Waals surface area (Å²) in [6.45, 7) is 1.88. The lowest BCUT2D eigenvalue weighted by atomic mass is 10.1. The number of halogens is 1. The lowest BCUT2D eigenvalue weighted by Gasteiger charge is -2.30. The van der Waals surface area contributed by atoms with Gasteiger partial charge in [0.25, 0.3) is 5.91 Å². The van der Waals surface area contributed by atoms with Crippen molar-refractivity contribution >= 4 is 46.9 Å². The first kappa shape index (κ1) is 21.2. The van der Waals surface area contributed by atoms with Crippen molar-refractivity contribution in [1.82, 2.24) is 5.32 Å². The summed E-state index contributed by atoms with van der Waals surface area (Å²) in [6, 6.07) is 24.5. The fraction of sp³-hybridized carbons (Fsp3) is 0.120. The van der Waals surface area contributed by atoms with Crippen LogP contribution in [0, 0.1) is 0 Å². The van der Waals surface area contributed by atoms with E-state index in [1.807, 2.05) is 79.7 Å². The quantitative estimate of drug-likeness (QED) is 0.509. The molecule has 1 atom stereocenters. The minimum atomic E-state index is -0.211. The standard InChI is InChI=1S/C25H21ClN2O2S/c1-17(19-7-3-2-4-8-19)27-24(29)16-28-21-9-5-6-10-22(21)31-23(25(28)30)15-18-11-13-20(26)14-12-18/h2-15,17H,16H2,1H3,(H,27,29)/b23-15+/t17-/m0/s1. The van der Waals surface area contributed by atoms with Crippen LogP contribution in [0.5, 0.6) is 0 Å². The average Bonchev–Trinajstić information content (AvgIpc) is 2.78. The van der Waals surface area contributed by atoms with Gasteiger partial charge in [0.2, 0.25) is 5.91 Å². The summed E-state index contributed by atoms with van der Waals surface area (Å²) in [5, 5.41) is 3.63. The van der Waals surface area contributed by atoms with Crippen molar-refractivity contribution in [2.75, 3.05) is 11.4 Å². The number of nitrogens with one attached hydrogen (secondary N) is 1. The topological polar surface area (TPSA) is 49.4 Å². The lowest BCUT2D eigenvalue weighted by molar-refractivity contribution is -0.122. The molecule has 6 heteroatoms. The molecule has 0 spiro atoms. The molecule has 1 heterocycles. The third-order valence-corrected chi connectivity index (χ3v) is 6.31. The molecule has 0 saturated heterocycles. The number of carbonyl (C=O) groups excluding carboxylic acids is 2. The van der Waals surface area contributed by atoms with E-state index in [1.165, 1.54) is 11.8 Å². The Morgan fingerprint density at radius 2 is 1.71 bits per heavy atom. The SMILES string of the molecule is C[C@H](NC(=O)CN1C(=O)/C(=C\c2ccc(Cl)cc2)Sc2ccccc21)c1ccccc1. The number of rotatable bonds is 5. The number of amides is 2. The van der Waals surface area contributed by atoms with Gasteiger partial charge in [-0.15, -0.1) is 0 Å². The molecule has 0 unspecified atom stereocenters. The minimum absolute atomic E-state index is 0.0501. The molecule has 0 aliphatic carbocycles. The lowest BCUT2D eigenvalue weighted by Crippen LogP contribution is -2.43. The summed E-state index contributed by atoms with van der Waals surface area (Å²) in [7, 11) is 0. The third kappa shape index (κ3) is 5.01. The highest BCUT2D eigenvalue weighted by atomic mass is 35.5. The number of thioether (sulfide) groups is 1. The number of hydrogen-bond acceptors (Lipinski definition) is 3. The van der Waals surface area contributed by atoms with Gasteiger partial charge < -0.3 is 5.32 Å². The number of fused-ring (bicyclic) bond motifs is 1. The average molecular weight is 449 g/mol. The van der Waals surface area contributed by atoms with Crippen LogP contribution in [-0.2, 0) is 9.59 Å². The number of para-hydroxylation sites is 1. The van der Waals surface area contributed by atoms with Gasteiger partial charge >= 0.3 is 0 Å². The molecule has 1 aliphatic rings. The van der Waals surface area contributed by atoms with Crippen LogP contribution in [0.3, 0.4) is 0 Å². The van der Waals surface area contributed by atoms with Crippen molar-refractivity contribution < 1.29 is 9.59 Å². The van der Waals surface area contributed by atoms with E-state index in [4.69, 9.17) is 11.6 Å². The van der Waals surface area contributed by atoms with Crippen LogP contribution in [0.2, 0.25) is 5.02 Å². The first-order valence-corrected chi connectivity index (χ1v) is 11.1. The highest BCUT2D eigenvalue weighted by Gasteiger charge is 2.30. The molecule has 156 valence electrons. The Morgan fingerprint density at radius 3 is 2.45 bits per heavy atom. The van der Waals surface area contributed by atoms with Gasteiger partial charge in [-0.2, -0.15) is 0 Å². The Morgan fingerprint density at radius 1 is 1.03 bits per heavy atom. The molecule has 0 saturated carbocycles. The van der Waals surface area contributed by atoms with E-state index in [0.717, 1.165) is 21.7 Å². The second kappa shape index (κ2) is 9.41. The maximum absolute atomic E-state index is 13.3. The van der Waals surface area contributed by atoms with Crippen LogP contribution < -0.4 is 10.2 Å². The van der Waals surface area contributed by atoms with Crippen LogP contribution in [-0.4, -0.2) is 18.4 Å². The van der Waals surface area contributed by atoms with E-state index in [0.29, 0.717) is 9.93 Å². The van der Waals surface area contributed by atoms with Gasteiger partial charge in [-0.1, -0.05) is 78.0 Å². The third-order valence-electron chi connectivity index (χ3n) is 4.98. The van der Waals surface area contributed by atoms with Crippen LogP contribution >= 0.6 is 23.4 Å². The maximum Gasteiger partial charge on any atom is 0.265 e. The first-order chi connectivity index (χ1) is 15.0. The van der Waals surface area contributed by atoms with E-state index in [9.17, 15) is 9.59 Å². The fourth-order valence-corrected chi connectivity index (χ4v) is 4.57. The Bertz CT molecular complexity index is 1130. The minimum Gasteiger partial charge on any atom is -0.348 e. The fourth-order valence-electron chi connectivity index (χ4n) is 3.39. The molecule has 0 fully saturated rings. The summed E-state index contributed by atoms with van der Waals surface area (Å²) in [5.41, 5.74) is 2.63. The van der Waals surface area contributed by atoms with E-state index in [1.54, 1.807) is 17.0 Å². The normalized spacial score (nSPS) is 15.5. The van der Waals surface area contributed by atoms with Crippen molar-refractivity contribution in [3.63, 3.8) is 0 Å². The van der Waals surface area contributed by atoms with Crippen LogP contribution in [0.4, 0.5) is 5.69 Å². The monoisotopic (exact) mass is 448 g/mol. The van der Waals surface area contributed by atoms with Crippen LogP contribution in [0.15, 0.2) is 88.7 Å². The number of anilines is 1. The molecule has 3 aromatic rings. The predicted molar refractivity (Wildman–Crippen MR) is 127 cm³/mol. The molecule has 4 rings (SSSR count). The molecule has 4 nitrogen and oxygen atoms in total. The summed E-state index contributed by atoms with van der Waals surface area (Å²) in [5.74, 6) is -0.404. The second-order valence-corrected chi connectivity index (χ2v) is 8.74. The summed E-state index contributed by atoms with van der Waals surface area (Å²) in [4.78, 5) is 29.1. The zero-order valence-corrected chi connectivity index (χ0v) is 18.5. The van der Waals surface area contributed by atoms with E-state index >= 15 is 0 Å². The van der Waals surface area contributed by atoms with Crippen LogP contribution in [0.1, 0.15) is 24.1 Å². The van der Waals surface area contributed by atoms with E-state index in [-0.39, 0.29) is 24.4 Å². The molecule has 0 bridgehead atoms. The molecular weight excluding hydrogens is 428 g/mol. The number of carbonyl (C=O) groups is 2. The first-order valence-electron chi connectivity index (χ1n) is 9.91. The van der Waals surface area contributed by atoms with Crippen molar-refractivity contribution in [3.05, 3.63) is 99.9 Å². The van der Waals surface area contributed by atoms with Crippen LogP contribution in [0.25, 0.3) is 6.08 Å². The van der Waals surface area contributed by atoms with Crippen molar-refractivity contribution in [2.24, 2.45) is 0 Å². The Hall–Kier alpha value is -3.02. The van der Waals surface area contributed by atoms with Gasteiger partial charge in [0.05, 0.1) is 16.6 Å². The van der Waals surface area contributed by atoms with E-state index in [2.05, 4.69) is 5.32 Å². The number of hydrogen-bond donors (Lipinski definition) is 1. The van der Waals surface area contributed by atoms with Gasteiger partial charge in [0.1, 0.15) is 6.54 Å². The molecule has 1 N–H and O–H groups in total. The molecule has 31 heavy (non-hydrogen) atoms. The summed E-state index contributed by atoms with van der Waals surface area (Å²) >= 11 is 7.38. The highest BCUT2D eigenvalue weighted by Crippen LogP contribution is 2.42. The van der Waals surface area contributed by atoms with E-state index < -0.39 is 0 Å². The molecule has 2 amide bonds. The zero-order chi connectivity index (χ0) is 21.8. The zero-order valence-electron chi connectivity index (χ0n) is 16.9.